The van der Waals surface area contributed by atoms with Crippen molar-refractivity contribution in [1.82, 2.24) is 4.98 Å². The maximum atomic E-state index is 5.78. The van der Waals surface area contributed by atoms with Gasteiger partial charge in [-0.3, -0.25) is 0 Å². The van der Waals surface area contributed by atoms with Gasteiger partial charge in [-0.05, 0) is 6.07 Å². The summed E-state index contributed by atoms with van der Waals surface area (Å²) in [5, 5.41) is 2.77. The summed E-state index contributed by atoms with van der Waals surface area (Å²) in [5.41, 5.74) is 1.71. The largest absolute Gasteiger partial charge is 0.496 e. The number of hydrogen-bond acceptors (Lipinski definition) is 5. The molecule has 102 valence electrons. The van der Waals surface area contributed by atoms with E-state index in [-0.39, 0.29) is 0 Å². The van der Waals surface area contributed by atoms with Gasteiger partial charge in [-0.2, -0.15) is 0 Å². The summed E-state index contributed by atoms with van der Waals surface area (Å²) in [4.78, 5) is 4.45. The van der Waals surface area contributed by atoms with Gasteiger partial charge in [0, 0.05) is 11.4 Å². The number of alkyl halides is 1. The summed E-state index contributed by atoms with van der Waals surface area (Å²) < 4.78 is 15.9. The van der Waals surface area contributed by atoms with Crippen LogP contribution in [0.15, 0.2) is 17.5 Å². The zero-order valence-electron chi connectivity index (χ0n) is 10.9. The number of thiazole rings is 1. The van der Waals surface area contributed by atoms with Crippen LogP contribution in [-0.4, -0.2) is 26.3 Å². The van der Waals surface area contributed by atoms with Crippen LogP contribution in [0.2, 0.25) is 0 Å². The molecule has 1 aromatic heterocycles. The van der Waals surface area contributed by atoms with Gasteiger partial charge in [-0.15, -0.1) is 22.9 Å². The molecule has 0 radical (unpaired) electrons. The molecule has 0 N–H and O–H groups in total. The first-order chi connectivity index (χ1) is 9.23. The van der Waals surface area contributed by atoms with Crippen molar-refractivity contribution in [2.45, 2.75) is 5.88 Å². The average Bonchev–Trinajstić information content (AvgIpc) is 2.94. The van der Waals surface area contributed by atoms with Gasteiger partial charge in [-0.25, -0.2) is 4.98 Å². The fourth-order valence-electron chi connectivity index (χ4n) is 1.69. The molecular weight excluding hydrogens is 286 g/mol. The minimum Gasteiger partial charge on any atom is -0.496 e. The lowest BCUT2D eigenvalue weighted by Gasteiger charge is -2.12. The second kappa shape index (κ2) is 6.12. The predicted octanol–water partition coefficient (Wildman–Crippen LogP) is 3.57. The zero-order valence-corrected chi connectivity index (χ0v) is 12.5. The molecule has 0 aliphatic carbocycles. The average molecular weight is 300 g/mol. The van der Waals surface area contributed by atoms with Crippen LogP contribution >= 0.6 is 22.9 Å². The standard InChI is InChI=1S/C13H14ClNO3S/c1-16-10-5-12(18-3)11(17-2)4-9(10)13-15-8(6-14)7-19-13/h4-5,7H,6H2,1-3H3. The fraction of sp³-hybridized carbons (Fsp3) is 0.308. The molecule has 0 atom stereocenters. The maximum absolute atomic E-state index is 5.78. The lowest BCUT2D eigenvalue weighted by atomic mass is 10.2. The van der Waals surface area contributed by atoms with E-state index >= 15 is 0 Å². The molecule has 0 saturated heterocycles. The smallest absolute Gasteiger partial charge is 0.164 e. The first-order valence-corrected chi connectivity index (χ1v) is 6.95. The highest BCUT2D eigenvalue weighted by Gasteiger charge is 2.15. The van der Waals surface area contributed by atoms with Crippen molar-refractivity contribution in [2.75, 3.05) is 21.3 Å². The monoisotopic (exact) mass is 299 g/mol. The van der Waals surface area contributed by atoms with Gasteiger partial charge < -0.3 is 14.2 Å². The number of aromatic nitrogens is 1. The lowest BCUT2D eigenvalue weighted by Crippen LogP contribution is -1.94. The van der Waals surface area contributed by atoms with E-state index in [1.807, 2.05) is 11.4 Å². The van der Waals surface area contributed by atoms with E-state index in [1.165, 1.54) is 11.3 Å². The van der Waals surface area contributed by atoms with E-state index in [4.69, 9.17) is 25.8 Å². The first-order valence-electron chi connectivity index (χ1n) is 5.54. The third kappa shape index (κ3) is 2.77. The fourth-order valence-corrected chi connectivity index (χ4v) is 2.76. The van der Waals surface area contributed by atoms with E-state index in [1.54, 1.807) is 27.4 Å². The number of ether oxygens (including phenoxy) is 3. The third-order valence-electron chi connectivity index (χ3n) is 2.62. The van der Waals surface area contributed by atoms with Crippen LogP contribution in [0.5, 0.6) is 17.2 Å². The van der Waals surface area contributed by atoms with E-state index in [9.17, 15) is 0 Å². The lowest BCUT2D eigenvalue weighted by molar-refractivity contribution is 0.349. The van der Waals surface area contributed by atoms with Crippen LogP contribution in [0.25, 0.3) is 10.6 Å². The topological polar surface area (TPSA) is 40.6 Å². The quantitative estimate of drug-likeness (QED) is 0.791. The molecule has 1 heterocycles. The molecule has 4 nitrogen and oxygen atoms in total. The highest BCUT2D eigenvalue weighted by molar-refractivity contribution is 7.13. The van der Waals surface area contributed by atoms with Crippen molar-refractivity contribution >= 4 is 22.9 Å². The molecule has 19 heavy (non-hydrogen) atoms. The summed E-state index contributed by atoms with van der Waals surface area (Å²) in [6.45, 7) is 0. The number of methoxy groups -OCH3 is 3. The molecule has 0 saturated carbocycles. The Bertz CT molecular complexity index is 571. The van der Waals surface area contributed by atoms with Crippen molar-refractivity contribution in [2.24, 2.45) is 0 Å². The van der Waals surface area contributed by atoms with Gasteiger partial charge in [0.1, 0.15) is 10.8 Å². The molecule has 0 spiro atoms. The number of halogens is 1. The summed E-state index contributed by atoms with van der Waals surface area (Å²) in [7, 11) is 4.80. The second-order valence-corrected chi connectivity index (χ2v) is 4.81. The zero-order chi connectivity index (χ0) is 13.8. The molecular formula is C13H14ClNO3S. The second-order valence-electron chi connectivity index (χ2n) is 3.69. The Kier molecular flexibility index (Phi) is 4.50. The Morgan fingerprint density at radius 1 is 1.05 bits per heavy atom. The Balaban J connectivity index is 2.54. The predicted molar refractivity (Wildman–Crippen MR) is 76.8 cm³/mol. The number of nitrogens with zero attached hydrogens (tertiary/aromatic N) is 1. The van der Waals surface area contributed by atoms with E-state index in [2.05, 4.69) is 4.98 Å². The van der Waals surface area contributed by atoms with Crippen molar-refractivity contribution < 1.29 is 14.2 Å². The van der Waals surface area contributed by atoms with Crippen molar-refractivity contribution in [3.05, 3.63) is 23.2 Å². The summed E-state index contributed by atoms with van der Waals surface area (Å²) in [6, 6.07) is 3.64. The highest BCUT2D eigenvalue weighted by Crippen LogP contribution is 2.41. The van der Waals surface area contributed by atoms with Gasteiger partial charge in [0.15, 0.2) is 11.5 Å². The Labute approximate surface area is 120 Å². The molecule has 0 bridgehead atoms. The number of benzene rings is 1. The van der Waals surface area contributed by atoms with Crippen molar-refractivity contribution in [3.63, 3.8) is 0 Å². The van der Waals surface area contributed by atoms with Gasteiger partial charge in [0.25, 0.3) is 0 Å². The van der Waals surface area contributed by atoms with Crippen molar-refractivity contribution in [1.29, 1.82) is 0 Å². The minimum absolute atomic E-state index is 0.395. The Morgan fingerprint density at radius 3 is 2.21 bits per heavy atom. The summed E-state index contributed by atoms with van der Waals surface area (Å²) in [6.07, 6.45) is 0. The van der Waals surface area contributed by atoms with Crippen LogP contribution in [0, 0.1) is 0 Å². The van der Waals surface area contributed by atoms with Crippen LogP contribution < -0.4 is 14.2 Å². The first kappa shape index (κ1) is 14.0. The molecule has 1 aromatic carbocycles. The van der Waals surface area contributed by atoms with Gasteiger partial charge >= 0.3 is 0 Å². The molecule has 6 heteroatoms. The third-order valence-corrected chi connectivity index (χ3v) is 3.82. The maximum Gasteiger partial charge on any atom is 0.164 e. The van der Waals surface area contributed by atoms with Crippen LogP contribution in [0.4, 0.5) is 0 Å². The summed E-state index contributed by atoms with van der Waals surface area (Å²) in [5.74, 6) is 2.35. The SMILES string of the molecule is COc1cc(OC)c(-c2nc(CCl)cs2)cc1OC. The number of rotatable bonds is 5. The molecule has 0 aliphatic heterocycles. The molecule has 2 aromatic rings. The van der Waals surface area contributed by atoms with E-state index in [0.717, 1.165) is 16.3 Å². The molecule has 0 aliphatic rings. The van der Waals surface area contributed by atoms with Crippen LogP contribution in [0.1, 0.15) is 5.69 Å². The minimum atomic E-state index is 0.395. The molecule has 0 unspecified atom stereocenters. The van der Waals surface area contributed by atoms with Crippen molar-refractivity contribution in [3.8, 4) is 27.8 Å². The van der Waals surface area contributed by atoms with E-state index in [0.29, 0.717) is 23.1 Å². The normalized spacial score (nSPS) is 10.3. The van der Waals surface area contributed by atoms with Crippen LogP contribution in [-0.2, 0) is 5.88 Å². The Hall–Kier alpha value is -1.46. The van der Waals surface area contributed by atoms with Gasteiger partial charge in [0.05, 0.1) is 38.5 Å². The van der Waals surface area contributed by atoms with Gasteiger partial charge in [0.2, 0.25) is 0 Å². The molecule has 2 rings (SSSR count). The molecule has 0 fully saturated rings. The highest BCUT2D eigenvalue weighted by atomic mass is 35.5. The Morgan fingerprint density at radius 2 is 1.68 bits per heavy atom. The molecule has 0 amide bonds. The van der Waals surface area contributed by atoms with Crippen LogP contribution in [0.3, 0.4) is 0 Å². The van der Waals surface area contributed by atoms with E-state index < -0.39 is 0 Å². The number of hydrogen-bond donors (Lipinski definition) is 0. The van der Waals surface area contributed by atoms with Gasteiger partial charge in [-0.1, -0.05) is 0 Å². The summed E-state index contributed by atoms with van der Waals surface area (Å²) >= 11 is 7.29.